The van der Waals surface area contributed by atoms with Gasteiger partial charge < -0.3 is 4.90 Å². The summed E-state index contributed by atoms with van der Waals surface area (Å²) >= 11 is 6.55. The number of hydrogen-bond donors (Lipinski definition) is 1. The molecule has 37 heavy (non-hydrogen) atoms. The number of alkyl halides is 3. The van der Waals surface area contributed by atoms with Gasteiger partial charge in [-0.25, -0.2) is 22.5 Å². The van der Waals surface area contributed by atoms with Gasteiger partial charge in [0, 0.05) is 18.3 Å². The first-order valence-electron chi connectivity index (χ1n) is 11.2. The van der Waals surface area contributed by atoms with E-state index in [0.717, 1.165) is 30.9 Å². The van der Waals surface area contributed by atoms with Gasteiger partial charge in [-0.2, -0.15) is 13.2 Å². The normalized spacial score (nSPS) is 16.2. The molecular weight excluding hydrogens is 534 g/mol. The molecular formula is C25H22ClF4N3O3S. The van der Waals surface area contributed by atoms with Crippen LogP contribution in [-0.2, 0) is 16.2 Å². The van der Waals surface area contributed by atoms with Crippen molar-refractivity contribution in [3.05, 3.63) is 81.8 Å². The Morgan fingerprint density at radius 2 is 1.92 bits per heavy atom. The van der Waals surface area contributed by atoms with Crippen LogP contribution in [-0.4, -0.2) is 32.1 Å². The Labute approximate surface area is 216 Å². The van der Waals surface area contributed by atoms with E-state index in [1.165, 1.54) is 18.3 Å². The molecule has 1 aromatic heterocycles. The number of pyridine rings is 1. The van der Waals surface area contributed by atoms with Crippen LogP contribution in [0.4, 0.5) is 23.4 Å². The Morgan fingerprint density at radius 1 is 1.19 bits per heavy atom. The third kappa shape index (κ3) is 5.88. The first-order chi connectivity index (χ1) is 17.2. The fourth-order valence-electron chi connectivity index (χ4n) is 4.47. The fraction of sp³-hybridized carbons (Fsp3) is 0.280. The average Bonchev–Trinajstić information content (AvgIpc) is 3.28. The molecule has 0 bridgehead atoms. The SMILES string of the molecule is Cc1cc(C(=O)NS(C)(=O)=O)c(F)cc1-c1cnc(N2CCC[C@H]2c2cccc(C(F)(F)F)c2)c(Cl)c1. The number of anilines is 1. The molecule has 2 heterocycles. The number of amides is 1. The molecule has 1 amide bonds. The largest absolute Gasteiger partial charge is 0.416 e. The zero-order valence-electron chi connectivity index (χ0n) is 19.7. The van der Waals surface area contributed by atoms with Crippen LogP contribution in [0, 0.1) is 12.7 Å². The van der Waals surface area contributed by atoms with E-state index in [1.807, 2.05) is 4.90 Å². The van der Waals surface area contributed by atoms with E-state index in [1.54, 1.807) is 23.8 Å². The van der Waals surface area contributed by atoms with E-state index >= 15 is 0 Å². The molecule has 0 radical (unpaired) electrons. The van der Waals surface area contributed by atoms with Crippen molar-refractivity contribution in [2.24, 2.45) is 0 Å². The molecule has 3 aromatic rings. The summed E-state index contributed by atoms with van der Waals surface area (Å²) in [4.78, 5) is 18.4. The summed E-state index contributed by atoms with van der Waals surface area (Å²) in [5, 5.41) is 0.232. The highest BCUT2D eigenvalue weighted by molar-refractivity contribution is 7.89. The molecule has 0 unspecified atom stereocenters. The third-order valence-corrected chi connectivity index (χ3v) is 6.93. The van der Waals surface area contributed by atoms with Gasteiger partial charge in [0.15, 0.2) is 0 Å². The lowest BCUT2D eigenvalue weighted by Crippen LogP contribution is -2.30. The Bertz CT molecular complexity index is 1480. The van der Waals surface area contributed by atoms with Crippen molar-refractivity contribution < 1.29 is 30.8 Å². The predicted molar refractivity (Wildman–Crippen MR) is 132 cm³/mol. The van der Waals surface area contributed by atoms with Crippen LogP contribution in [0.1, 0.15) is 45.9 Å². The Balaban J connectivity index is 1.64. The lowest BCUT2D eigenvalue weighted by atomic mass is 9.98. The number of aromatic nitrogens is 1. The third-order valence-electron chi connectivity index (χ3n) is 6.09. The molecule has 6 nitrogen and oxygen atoms in total. The van der Waals surface area contributed by atoms with Gasteiger partial charge in [-0.1, -0.05) is 23.7 Å². The Hall–Kier alpha value is -3.18. The standard InChI is InChI=1S/C25H22ClF4N3O3S/c1-14-9-19(24(34)32-37(2,35)36)21(27)12-18(14)16-11-20(26)23(31-13-16)33-8-4-7-22(33)15-5-3-6-17(10-15)25(28,29)30/h3,5-6,9-13,22H,4,7-8H2,1-2H3,(H,32,34)/t22-/m0/s1. The lowest BCUT2D eigenvalue weighted by molar-refractivity contribution is -0.137. The maximum atomic E-state index is 14.7. The lowest BCUT2D eigenvalue weighted by Gasteiger charge is -2.27. The summed E-state index contributed by atoms with van der Waals surface area (Å²) in [5.41, 5.74) is 0.685. The van der Waals surface area contributed by atoms with Crippen molar-refractivity contribution in [1.29, 1.82) is 0 Å². The number of benzene rings is 2. The number of hydrogen-bond acceptors (Lipinski definition) is 5. The van der Waals surface area contributed by atoms with Gasteiger partial charge in [0.25, 0.3) is 5.91 Å². The van der Waals surface area contributed by atoms with Crippen molar-refractivity contribution in [3.63, 3.8) is 0 Å². The van der Waals surface area contributed by atoms with Crippen LogP contribution in [0.25, 0.3) is 11.1 Å². The molecule has 2 aromatic carbocycles. The van der Waals surface area contributed by atoms with Crippen LogP contribution in [0.15, 0.2) is 48.7 Å². The highest BCUT2D eigenvalue weighted by Crippen LogP contribution is 2.41. The topological polar surface area (TPSA) is 79.4 Å². The quantitative estimate of drug-likeness (QED) is 0.397. The maximum absolute atomic E-state index is 14.7. The molecule has 1 fully saturated rings. The van der Waals surface area contributed by atoms with Crippen molar-refractivity contribution >= 4 is 33.3 Å². The summed E-state index contributed by atoms with van der Waals surface area (Å²) in [6, 6.07) is 8.75. The number of halogens is 5. The molecule has 12 heteroatoms. The monoisotopic (exact) mass is 555 g/mol. The van der Waals surface area contributed by atoms with E-state index in [-0.39, 0.29) is 11.1 Å². The second-order valence-electron chi connectivity index (χ2n) is 8.85. The number of carbonyl (C=O) groups excluding carboxylic acids is 1. The van der Waals surface area contributed by atoms with Gasteiger partial charge in [0.2, 0.25) is 10.0 Å². The van der Waals surface area contributed by atoms with Crippen LogP contribution < -0.4 is 9.62 Å². The molecule has 1 saturated heterocycles. The Kier molecular flexibility index (Phi) is 7.22. The number of aryl methyl sites for hydroxylation is 1. The summed E-state index contributed by atoms with van der Waals surface area (Å²) in [6.07, 6.45) is -0.826. The number of nitrogens with one attached hydrogen (secondary N) is 1. The van der Waals surface area contributed by atoms with E-state index in [0.29, 0.717) is 41.0 Å². The van der Waals surface area contributed by atoms with Crippen LogP contribution in [0.5, 0.6) is 0 Å². The van der Waals surface area contributed by atoms with Gasteiger partial charge in [-0.15, -0.1) is 0 Å². The molecule has 0 aliphatic carbocycles. The van der Waals surface area contributed by atoms with Gasteiger partial charge >= 0.3 is 6.18 Å². The van der Waals surface area contributed by atoms with Crippen molar-refractivity contribution in [1.82, 2.24) is 9.71 Å². The molecule has 1 N–H and O–H groups in total. The van der Waals surface area contributed by atoms with Gasteiger partial charge in [-0.05, 0) is 66.8 Å². The first-order valence-corrected chi connectivity index (χ1v) is 13.4. The molecule has 0 spiro atoms. The summed E-state index contributed by atoms with van der Waals surface area (Å²) in [7, 11) is -3.87. The van der Waals surface area contributed by atoms with Gasteiger partial charge in [0.05, 0.1) is 28.4 Å². The predicted octanol–water partition coefficient (Wildman–Crippen LogP) is 5.90. The smallest absolute Gasteiger partial charge is 0.348 e. The number of sulfonamides is 1. The molecule has 0 saturated carbocycles. The van der Waals surface area contributed by atoms with E-state index in [2.05, 4.69) is 4.98 Å². The minimum Gasteiger partial charge on any atom is -0.348 e. The number of carbonyl (C=O) groups is 1. The average molecular weight is 556 g/mol. The summed E-state index contributed by atoms with van der Waals surface area (Å²) in [6.45, 7) is 2.17. The number of nitrogens with zero attached hydrogens (tertiary/aromatic N) is 2. The molecule has 1 aliphatic rings. The minimum absolute atomic E-state index is 0.232. The van der Waals surface area contributed by atoms with Crippen LogP contribution in [0.2, 0.25) is 5.02 Å². The van der Waals surface area contributed by atoms with Gasteiger partial charge in [-0.3, -0.25) is 4.79 Å². The first kappa shape index (κ1) is 26.9. The zero-order valence-corrected chi connectivity index (χ0v) is 21.3. The number of rotatable bonds is 5. The maximum Gasteiger partial charge on any atom is 0.416 e. The molecule has 1 atom stereocenters. The van der Waals surface area contributed by atoms with E-state index < -0.39 is 39.1 Å². The fourth-order valence-corrected chi connectivity index (χ4v) is 5.19. The summed E-state index contributed by atoms with van der Waals surface area (Å²) in [5.74, 6) is -1.62. The highest BCUT2D eigenvalue weighted by atomic mass is 35.5. The molecule has 4 rings (SSSR count). The minimum atomic E-state index is -4.45. The van der Waals surface area contributed by atoms with Crippen molar-refractivity contribution in [3.8, 4) is 11.1 Å². The molecule has 1 aliphatic heterocycles. The second-order valence-corrected chi connectivity index (χ2v) is 11.0. The van der Waals surface area contributed by atoms with Crippen LogP contribution in [0.3, 0.4) is 0 Å². The Morgan fingerprint density at radius 3 is 2.57 bits per heavy atom. The van der Waals surface area contributed by atoms with Crippen molar-refractivity contribution in [2.75, 3.05) is 17.7 Å². The molecule has 196 valence electrons. The van der Waals surface area contributed by atoms with Crippen LogP contribution >= 0.6 is 11.6 Å². The summed E-state index contributed by atoms with van der Waals surface area (Å²) < 4.78 is 78.8. The second kappa shape index (κ2) is 9.94. The van der Waals surface area contributed by atoms with Gasteiger partial charge in [0.1, 0.15) is 11.6 Å². The highest BCUT2D eigenvalue weighted by Gasteiger charge is 2.33. The van der Waals surface area contributed by atoms with E-state index in [9.17, 15) is 30.8 Å². The van der Waals surface area contributed by atoms with Crippen molar-refractivity contribution in [2.45, 2.75) is 32.0 Å². The zero-order chi connectivity index (χ0) is 27.1. The van der Waals surface area contributed by atoms with E-state index in [4.69, 9.17) is 11.6 Å².